The molecule has 1 aromatic heterocycles. The second kappa shape index (κ2) is 6.54. The number of nitrogens with zero attached hydrogens (tertiary/aromatic N) is 1. The van der Waals surface area contributed by atoms with E-state index in [4.69, 9.17) is 5.73 Å². The van der Waals surface area contributed by atoms with Crippen molar-refractivity contribution in [1.82, 2.24) is 10.3 Å². The van der Waals surface area contributed by atoms with Gasteiger partial charge in [0.25, 0.3) is 0 Å². The van der Waals surface area contributed by atoms with Gasteiger partial charge in [-0.3, -0.25) is 4.79 Å². The fraction of sp³-hybridized carbons (Fsp3) is 0.600. The highest BCUT2D eigenvalue weighted by Gasteiger charge is 2.46. The first kappa shape index (κ1) is 16.6. The molecule has 1 amide bonds. The minimum Gasteiger partial charge on any atom is -0.345 e. The molecule has 0 radical (unpaired) electrons. The van der Waals surface area contributed by atoms with Gasteiger partial charge in [-0.15, -0.1) is 36.2 Å². The maximum absolute atomic E-state index is 11.7. The van der Waals surface area contributed by atoms with Gasteiger partial charge in [-0.2, -0.15) is 0 Å². The summed E-state index contributed by atoms with van der Waals surface area (Å²) in [6, 6.07) is 0.0125. The number of nitrogens with one attached hydrogen (secondary N) is 1. The fourth-order valence-corrected chi connectivity index (χ4v) is 2.18. The zero-order chi connectivity index (χ0) is 10.9. The van der Waals surface area contributed by atoms with Crippen molar-refractivity contribution in [3.8, 4) is 0 Å². The molecule has 0 saturated heterocycles. The molecular formula is C10H17Cl2N3OS. The summed E-state index contributed by atoms with van der Waals surface area (Å²) in [5.41, 5.74) is 5.22. The Labute approximate surface area is 117 Å². The van der Waals surface area contributed by atoms with Crippen molar-refractivity contribution in [2.45, 2.75) is 37.8 Å². The van der Waals surface area contributed by atoms with E-state index in [1.54, 1.807) is 17.5 Å². The van der Waals surface area contributed by atoms with Crippen LogP contribution in [0.15, 0.2) is 11.6 Å². The van der Waals surface area contributed by atoms with Crippen LogP contribution in [0.1, 0.15) is 37.2 Å². The van der Waals surface area contributed by atoms with Crippen molar-refractivity contribution in [3.63, 3.8) is 0 Å². The number of amides is 1. The summed E-state index contributed by atoms with van der Waals surface area (Å²) >= 11 is 1.56. The Bertz CT molecular complexity index is 354. The molecule has 1 aromatic rings. The molecule has 1 atom stereocenters. The highest BCUT2D eigenvalue weighted by Crippen LogP contribution is 2.33. The molecule has 17 heavy (non-hydrogen) atoms. The summed E-state index contributed by atoms with van der Waals surface area (Å²) in [7, 11) is 0. The average Bonchev–Trinajstić information content (AvgIpc) is 2.80. The minimum atomic E-state index is -0.593. The van der Waals surface area contributed by atoms with Crippen LogP contribution in [0, 0.1) is 0 Å². The van der Waals surface area contributed by atoms with E-state index in [1.165, 1.54) is 0 Å². The molecule has 4 nitrogen and oxygen atoms in total. The molecule has 1 aliphatic rings. The molecule has 7 heteroatoms. The maximum atomic E-state index is 11.7. The number of carbonyl (C=O) groups is 1. The number of nitrogens with two attached hydrogens (primary N) is 1. The van der Waals surface area contributed by atoms with E-state index in [0.717, 1.165) is 24.3 Å². The van der Waals surface area contributed by atoms with Crippen LogP contribution in [0.5, 0.6) is 0 Å². The first-order chi connectivity index (χ1) is 7.15. The number of halogens is 2. The first-order valence-electron chi connectivity index (χ1n) is 5.15. The summed E-state index contributed by atoms with van der Waals surface area (Å²) in [5.74, 6) is -0.0375. The molecule has 1 aliphatic carbocycles. The predicted octanol–water partition coefficient (Wildman–Crippen LogP) is 2.05. The zero-order valence-corrected chi connectivity index (χ0v) is 12.0. The third kappa shape index (κ3) is 3.81. The Morgan fingerprint density at radius 3 is 2.71 bits per heavy atom. The van der Waals surface area contributed by atoms with E-state index in [9.17, 15) is 4.79 Å². The van der Waals surface area contributed by atoms with Crippen molar-refractivity contribution in [2.24, 2.45) is 5.73 Å². The number of carbonyl (C=O) groups excluding carboxylic acids is 1. The lowest BCUT2D eigenvalue weighted by molar-refractivity contribution is -0.124. The van der Waals surface area contributed by atoms with Crippen molar-refractivity contribution >= 4 is 42.1 Å². The largest absolute Gasteiger partial charge is 0.345 e. The second-order valence-corrected chi connectivity index (χ2v) is 4.89. The molecule has 2 rings (SSSR count). The molecule has 3 N–H and O–H groups in total. The van der Waals surface area contributed by atoms with Crippen LogP contribution >= 0.6 is 36.2 Å². The second-order valence-electron chi connectivity index (χ2n) is 3.96. The minimum absolute atomic E-state index is 0. The molecule has 1 unspecified atom stereocenters. The number of hydrogen-bond donors (Lipinski definition) is 2. The van der Waals surface area contributed by atoms with E-state index in [0.29, 0.717) is 0 Å². The molecule has 1 fully saturated rings. The fourth-order valence-electron chi connectivity index (χ4n) is 1.41. The zero-order valence-electron chi connectivity index (χ0n) is 9.51. The monoisotopic (exact) mass is 297 g/mol. The van der Waals surface area contributed by atoms with Crippen LogP contribution in [0.2, 0.25) is 0 Å². The number of hydrogen-bond acceptors (Lipinski definition) is 4. The molecular weight excluding hydrogens is 281 g/mol. The normalized spacial score (nSPS) is 17.3. The van der Waals surface area contributed by atoms with Crippen LogP contribution in [-0.4, -0.2) is 16.4 Å². The highest BCUT2D eigenvalue weighted by atomic mass is 35.5. The molecule has 98 valence electrons. The molecule has 0 aromatic carbocycles. The van der Waals surface area contributed by atoms with Crippen LogP contribution in [0.25, 0.3) is 0 Å². The van der Waals surface area contributed by atoms with Gasteiger partial charge < -0.3 is 11.1 Å². The lowest BCUT2D eigenvalue weighted by Gasteiger charge is -2.17. The third-order valence-corrected chi connectivity index (χ3v) is 3.59. The predicted molar refractivity (Wildman–Crippen MR) is 73.9 cm³/mol. The van der Waals surface area contributed by atoms with Gasteiger partial charge in [-0.25, -0.2) is 4.98 Å². The van der Waals surface area contributed by atoms with Crippen LogP contribution < -0.4 is 11.1 Å². The summed E-state index contributed by atoms with van der Waals surface area (Å²) in [4.78, 5) is 15.9. The Hall–Kier alpha value is -0.360. The van der Waals surface area contributed by atoms with Gasteiger partial charge in [0.15, 0.2) is 0 Å². The third-order valence-electron chi connectivity index (χ3n) is 2.70. The van der Waals surface area contributed by atoms with Crippen LogP contribution in [0.3, 0.4) is 0 Å². The highest BCUT2D eigenvalue weighted by molar-refractivity contribution is 7.09. The standard InChI is InChI=1S/C10H15N3OS.2ClH/c1-2-7(8-12-5-6-15-8)13-9(14)10(11)3-4-10;;/h5-7H,2-4,11H2,1H3,(H,13,14);2*1H. The smallest absolute Gasteiger partial charge is 0.240 e. The maximum Gasteiger partial charge on any atom is 0.240 e. The van der Waals surface area contributed by atoms with Gasteiger partial charge >= 0.3 is 0 Å². The van der Waals surface area contributed by atoms with Gasteiger partial charge in [0.05, 0.1) is 11.6 Å². The summed E-state index contributed by atoms with van der Waals surface area (Å²) < 4.78 is 0. The Morgan fingerprint density at radius 2 is 2.29 bits per heavy atom. The van der Waals surface area contributed by atoms with Crippen molar-refractivity contribution in [1.29, 1.82) is 0 Å². The topological polar surface area (TPSA) is 68.0 Å². The van der Waals surface area contributed by atoms with Crippen LogP contribution in [-0.2, 0) is 4.79 Å². The van der Waals surface area contributed by atoms with Crippen LogP contribution in [0.4, 0.5) is 0 Å². The van der Waals surface area contributed by atoms with Gasteiger partial charge in [0.1, 0.15) is 5.01 Å². The summed E-state index contributed by atoms with van der Waals surface area (Å²) in [5, 5.41) is 5.83. The lowest BCUT2D eigenvalue weighted by atomic mass is 10.2. The molecule has 1 saturated carbocycles. The lowest BCUT2D eigenvalue weighted by Crippen LogP contribution is -2.44. The number of thiazole rings is 1. The molecule has 0 spiro atoms. The van der Waals surface area contributed by atoms with E-state index >= 15 is 0 Å². The Morgan fingerprint density at radius 1 is 1.65 bits per heavy atom. The van der Waals surface area contributed by atoms with E-state index in [1.807, 2.05) is 12.3 Å². The average molecular weight is 298 g/mol. The molecule has 0 bridgehead atoms. The van der Waals surface area contributed by atoms with Gasteiger partial charge in [-0.05, 0) is 19.3 Å². The molecule has 0 aliphatic heterocycles. The summed E-state index contributed by atoms with van der Waals surface area (Å²) in [6.45, 7) is 2.03. The van der Waals surface area contributed by atoms with Gasteiger partial charge in [0, 0.05) is 11.6 Å². The van der Waals surface area contributed by atoms with E-state index < -0.39 is 5.54 Å². The number of rotatable bonds is 4. The van der Waals surface area contributed by atoms with Crippen molar-refractivity contribution in [3.05, 3.63) is 16.6 Å². The quantitative estimate of drug-likeness (QED) is 0.894. The SMILES string of the molecule is CCC(NC(=O)C1(N)CC1)c1nccs1.Cl.Cl. The number of aromatic nitrogens is 1. The molecule has 1 heterocycles. The van der Waals surface area contributed by atoms with Crippen molar-refractivity contribution in [2.75, 3.05) is 0 Å². The Kier molecular flexibility index (Phi) is 6.40. The van der Waals surface area contributed by atoms with E-state index in [-0.39, 0.29) is 36.8 Å². The Balaban J connectivity index is 0.00000128. The first-order valence-corrected chi connectivity index (χ1v) is 6.03. The van der Waals surface area contributed by atoms with Gasteiger partial charge in [0.2, 0.25) is 5.91 Å². The van der Waals surface area contributed by atoms with E-state index in [2.05, 4.69) is 10.3 Å². The van der Waals surface area contributed by atoms with Crippen molar-refractivity contribution < 1.29 is 4.79 Å². The van der Waals surface area contributed by atoms with Gasteiger partial charge in [-0.1, -0.05) is 6.92 Å². The summed E-state index contributed by atoms with van der Waals surface area (Å²) in [6.07, 6.45) is 4.19.